The molecule has 0 saturated heterocycles. The van der Waals surface area contributed by atoms with Gasteiger partial charge in [-0.15, -0.1) is 11.5 Å². The van der Waals surface area contributed by atoms with Gasteiger partial charge in [0.05, 0.1) is 0 Å². The quantitative estimate of drug-likeness (QED) is 0.172. The highest BCUT2D eigenvalue weighted by Crippen LogP contribution is 2.11. The first kappa shape index (κ1) is 19.3. The van der Waals surface area contributed by atoms with Crippen molar-refractivity contribution in [2.24, 2.45) is 0 Å². The molecule has 0 atom stereocenters. The van der Waals surface area contributed by atoms with Gasteiger partial charge < -0.3 is 0 Å². The minimum absolute atomic E-state index is 1.12. The Balaban J connectivity index is 3.12. The average Bonchev–Trinajstić information content (AvgIpc) is 2.34. The summed E-state index contributed by atoms with van der Waals surface area (Å²) in [4.78, 5) is 0. The minimum atomic E-state index is -1.12. The van der Waals surface area contributed by atoms with Gasteiger partial charge in [0.15, 0.2) is 0 Å². The lowest BCUT2D eigenvalue weighted by Crippen LogP contribution is -2.16. The lowest BCUT2D eigenvalue weighted by molar-refractivity contribution is 0.559. The maximum atomic E-state index is 3.48. The number of hydrogen-bond acceptors (Lipinski definition) is 0. The van der Waals surface area contributed by atoms with E-state index in [1.165, 1.54) is 69.5 Å². The summed E-state index contributed by atoms with van der Waals surface area (Å²) in [5.41, 5.74) is 3.44. The highest BCUT2D eigenvalue weighted by Gasteiger charge is 2.06. The van der Waals surface area contributed by atoms with Crippen molar-refractivity contribution in [1.82, 2.24) is 0 Å². The van der Waals surface area contributed by atoms with Crippen LogP contribution in [0.25, 0.3) is 0 Å². The van der Waals surface area contributed by atoms with E-state index >= 15 is 0 Å². The summed E-state index contributed by atoms with van der Waals surface area (Å²) in [5, 5.41) is 1.17. The summed E-state index contributed by atoms with van der Waals surface area (Å²) in [6.45, 7) is 6.95. The van der Waals surface area contributed by atoms with Crippen molar-refractivity contribution >= 4 is 24.0 Å². The molecule has 0 nitrogen and oxygen atoms in total. The molecule has 0 aliphatic carbocycles. The van der Waals surface area contributed by atoms with Crippen LogP contribution in [0.2, 0.25) is 19.6 Å². The molecular formula is C17H33BrSi. The Bertz CT molecular complexity index is 244. The van der Waals surface area contributed by atoms with Gasteiger partial charge in [0, 0.05) is 11.8 Å². The zero-order valence-electron chi connectivity index (χ0n) is 13.4. The van der Waals surface area contributed by atoms with Gasteiger partial charge in [-0.05, 0) is 12.8 Å². The molecule has 0 bridgehead atoms. The van der Waals surface area contributed by atoms with Gasteiger partial charge in [0.1, 0.15) is 8.07 Å². The molecule has 0 aromatic heterocycles. The van der Waals surface area contributed by atoms with Crippen LogP contribution < -0.4 is 0 Å². The van der Waals surface area contributed by atoms with Gasteiger partial charge in [-0.25, -0.2) is 0 Å². The molecule has 0 saturated carbocycles. The van der Waals surface area contributed by atoms with E-state index in [-0.39, 0.29) is 0 Å². The van der Waals surface area contributed by atoms with Crippen LogP contribution in [0.5, 0.6) is 0 Å². The summed E-state index contributed by atoms with van der Waals surface area (Å²) < 4.78 is 0. The zero-order valence-corrected chi connectivity index (χ0v) is 15.9. The largest absolute Gasteiger partial charge is 0.132 e. The second kappa shape index (κ2) is 13.2. The maximum Gasteiger partial charge on any atom is 0.129 e. The number of alkyl halides is 1. The van der Waals surface area contributed by atoms with Crippen LogP contribution in [0, 0.1) is 11.5 Å². The standard InChI is InChI=1S/C17H33BrSi/c1-19(2,3)17-15-13-11-9-7-5-4-6-8-10-12-14-16-18/h4-14,16H2,1-3H3. The first-order valence-corrected chi connectivity index (χ1v) is 12.7. The molecule has 0 radical (unpaired) electrons. The summed E-state index contributed by atoms with van der Waals surface area (Å²) >= 11 is 3.48. The summed E-state index contributed by atoms with van der Waals surface area (Å²) in [6.07, 6.45) is 15.2. The predicted molar refractivity (Wildman–Crippen MR) is 95.7 cm³/mol. The summed E-state index contributed by atoms with van der Waals surface area (Å²) in [6, 6.07) is 0. The Labute approximate surface area is 131 Å². The molecule has 0 rings (SSSR count). The lowest BCUT2D eigenvalue weighted by Gasteiger charge is -2.03. The molecule has 0 aliphatic rings. The van der Waals surface area contributed by atoms with E-state index in [2.05, 4.69) is 47.0 Å². The second-order valence-electron chi connectivity index (χ2n) is 6.53. The van der Waals surface area contributed by atoms with Crippen LogP contribution >= 0.6 is 15.9 Å². The van der Waals surface area contributed by atoms with E-state index in [0.29, 0.717) is 0 Å². The van der Waals surface area contributed by atoms with Crippen molar-refractivity contribution in [1.29, 1.82) is 0 Å². The fourth-order valence-electron chi connectivity index (χ4n) is 2.05. The van der Waals surface area contributed by atoms with E-state index in [4.69, 9.17) is 0 Å². The minimum Gasteiger partial charge on any atom is -0.132 e. The van der Waals surface area contributed by atoms with Gasteiger partial charge in [0.2, 0.25) is 0 Å². The van der Waals surface area contributed by atoms with Crippen molar-refractivity contribution in [3.8, 4) is 11.5 Å². The van der Waals surface area contributed by atoms with Crippen LogP contribution in [0.1, 0.15) is 70.6 Å². The van der Waals surface area contributed by atoms with Gasteiger partial charge in [0.25, 0.3) is 0 Å². The molecule has 0 aliphatic heterocycles. The summed E-state index contributed by atoms with van der Waals surface area (Å²) in [7, 11) is -1.12. The monoisotopic (exact) mass is 344 g/mol. The lowest BCUT2D eigenvalue weighted by atomic mass is 10.1. The number of unbranched alkanes of at least 4 members (excludes halogenated alkanes) is 10. The number of halogens is 1. The molecule has 0 unspecified atom stereocenters. The fourth-order valence-corrected chi connectivity index (χ4v) is 3.10. The van der Waals surface area contributed by atoms with Crippen molar-refractivity contribution in [2.45, 2.75) is 90.3 Å². The van der Waals surface area contributed by atoms with Crippen LogP contribution in [-0.4, -0.2) is 13.4 Å². The third-order valence-corrected chi connectivity index (χ3v) is 4.64. The van der Waals surface area contributed by atoms with Crippen molar-refractivity contribution < 1.29 is 0 Å². The molecule has 0 spiro atoms. The van der Waals surface area contributed by atoms with E-state index in [0.717, 1.165) is 6.42 Å². The molecule has 19 heavy (non-hydrogen) atoms. The highest BCUT2D eigenvalue weighted by molar-refractivity contribution is 9.09. The topological polar surface area (TPSA) is 0 Å². The van der Waals surface area contributed by atoms with Gasteiger partial charge >= 0.3 is 0 Å². The van der Waals surface area contributed by atoms with Gasteiger partial charge in [-0.1, -0.05) is 86.9 Å². The van der Waals surface area contributed by atoms with Crippen LogP contribution in [-0.2, 0) is 0 Å². The van der Waals surface area contributed by atoms with E-state index in [9.17, 15) is 0 Å². The fraction of sp³-hybridized carbons (Fsp3) is 0.882. The normalized spacial score (nSPS) is 11.2. The molecule has 0 aromatic carbocycles. The third kappa shape index (κ3) is 18.3. The Kier molecular flexibility index (Phi) is 13.4. The summed E-state index contributed by atoms with van der Waals surface area (Å²) in [5.74, 6) is 3.36. The smallest absolute Gasteiger partial charge is 0.129 e. The highest BCUT2D eigenvalue weighted by atomic mass is 79.9. The Morgan fingerprint density at radius 1 is 0.684 bits per heavy atom. The first-order valence-electron chi connectivity index (χ1n) is 8.12. The molecule has 2 heteroatoms. The van der Waals surface area contributed by atoms with Crippen LogP contribution in [0.3, 0.4) is 0 Å². The van der Waals surface area contributed by atoms with Crippen LogP contribution in [0.4, 0.5) is 0 Å². The Morgan fingerprint density at radius 3 is 1.53 bits per heavy atom. The maximum absolute atomic E-state index is 3.48. The molecule has 0 amide bonds. The number of rotatable bonds is 11. The molecular weight excluding hydrogens is 312 g/mol. The van der Waals surface area contributed by atoms with Crippen molar-refractivity contribution in [3.63, 3.8) is 0 Å². The molecule has 112 valence electrons. The van der Waals surface area contributed by atoms with E-state index in [1.54, 1.807) is 0 Å². The molecule has 0 aromatic rings. The molecule has 0 fully saturated rings. The van der Waals surface area contributed by atoms with E-state index < -0.39 is 8.07 Å². The third-order valence-electron chi connectivity index (χ3n) is 3.15. The SMILES string of the molecule is C[Si](C)(C)C#CCCCCCCCCCCCCBr. The zero-order chi connectivity index (χ0) is 14.4. The molecule has 0 N–H and O–H groups in total. The number of hydrogen-bond donors (Lipinski definition) is 0. The van der Waals surface area contributed by atoms with Crippen LogP contribution in [0.15, 0.2) is 0 Å². The van der Waals surface area contributed by atoms with Gasteiger partial charge in [-0.2, -0.15) is 0 Å². The first-order chi connectivity index (χ1) is 9.06. The van der Waals surface area contributed by atoms with Crippen molar-refractivity contribution in [2.75, 3.05) is 5.33 Å². The molecule has 0 heterocycles. The van der Waals surface area contributed by atoms with Gasteiger partial charge in [-0.3, -0.25) is 0 Å². The average molecular weight is 345 g/mol. The van der Waals surface area contributed by atoms with Crippen molar-refractivity contribution in [3.05, 3.63) is 0 Å². The predicted octanol–water partition coefficient (Wildman–Crippen LogP) is 6.55. The second-order valence-corrected chi connectivity index (χ2v) is 12.1. The Hall–Kier alpha value is 0.257. The van der Waals surface area contributed by atoms with E-state index in [1.807, 2.05) is 0 Å². The Morgan fingerprint density at radius 2 is 1.11 bits per heavy atom.